The Morgan fingerprint density at radius 1 is 1.40 bits per heavy atom. The summed E-state index contributed by atoms with van der Waals surface area (Å²) in [7, 11) is -3.85. The molecular weight excluding hydrogens is 303 g/mol. The van der Waals surface area contributed by atoms with Crippen molar-refractivity contribution in [2.75, 3.05) is 4.72 Å². The molecule has 1 aromatic carbocycles. The van der Waals surface area contributed by atoms with E-state index >= 15 is 0 Å². The molecule has 0 spiro atoms. The molecule has 0 bridgehead atoms. The maximum absolute atomic E-state index is 13.0. The smallest absolute Gasteiger partial charge is 0.263 e. The Hall–Kier alpha value is -1.80. The minimum Gasteiger partial charge on any atom is -0.293 e. The van der Waals surface area contributed by atoms with E-state index in [1.54, 1.807) is 0 Å². The van der Waals surface area contributed by atoms with E-state index in [0.29, 0.717) is 5.56 Å². The van der Waals surface area contributed by atoms with Crippen LogP contribution in [0.1, 0.15) is 23.0 Å². The Morgan fingerprint density at radius 2 is 2.10 bits per heavy atom. The summed E-state index contributed by atoms with van der Waals surface area (Å²) in [6.45, 7) is 2.85. The summed E-state index contributed by atoms with van der Waals surface area (Å²) in [6, 6.07) is 3.40. The first-order valence-electron chi connectivity index (χ1n) is 5.55. The lowest BCUT2D eigenvalue weighted by Gasteiger charge is -2.07. The number of nitrogens with zero attached hydrogens (tertiary/aromatic N) is 1. The van der Waals surface area contributed by atoms with Crippen molar-refractivity contribution in [1.29, 1.82) is 0 Å². The molecule has 0 aliphatic heterocycles. The molecule has 0 radical (unpaired) electrons. The first-order chi connectivity index (χ1) is 9.29. The van der Waals surface area contributed by atoms with Crippen LogP contribution in [0.3, 0.4) is 0 Å². The molecule has 1 aromatic heterocycles. The van der Waals surface area contributed by atoms with E-state index in [0.717, 1.165) is 23.5 Å². The lowest BCUT2D eigenvalue weighted by molar-refractivity contribution is 0.101. The summed E-state index contributed by atoms with van der Waals surface area (Å²) in [4.78, 5) is 15.0. The molecule has 0 aliphatic carbocycles. The summed E-state index contributed by atoms with van der Waals surface area (Å²) in [5, 5.41) is 1.57. The average molecular weight is 314 g/mol. The largest absolute Gasteiger partial charge is 0.293 e. The second kappa shape index (κ2) is 5.29. The molecule has 0 fully saturated rings. The van der Waals surface area contributed by atoms with Crippen LogP contribution in [-0.4, -0.2) is 19.2 Å². The standard InChI is InChI=1S/C12H11FN2O3S2/c1-7-5-9(13)3-4-11(7)20(17,18)15-12-14-10(6-19-12)8(2)16/h3-6H,1-2H3,(H,14,15). The second-order valence-corrected chi connectivity index (χ2v) is 6.62. The SMILES string of the molecule is CC(=O)c1csc(NS(=O)(=O)c2ccc(F)cc2C)n1. The Balaban J connectivity index is 2.33. The number of rotatable bonds is 4. The monoisotopic (exact) mass is 314 g/mol. The Morgan fingerprint density at radius 3 is 2.65 bits per heavy atom. The summed E-state index contributed by atoms with van der Waals surface area (Å²) in [5.74, 6) is -0.751. The maximum atomic E-state index is 13.0. The van der Waals surface area contributed by atoms with Crippen LogP contribution in [0.2, 0.25) is 0 Å². The molecule has 5 nitrogen and oxygen atoms in total. The number of hydrogen-bond acceptors (Lipinski definition) is 5. The van der Waals surface area contributed by atoms with Gasteiger partial charge in [0.2, 0.25) is 0 Å². The molecule has 2 rings (SSSR count). The number of benzene rings is 1. The van der Waals surface area contributed by atoms with Gasteiger partial charge in [-0.15, -0.1) is 11.3 Å². The van der Waals surface area contributed by atoms with Crippen LogP contribution in [-0.2, 0) is 10.0 Å². The van der Waals surface area contributed by atoms with Gasteiger partial charge < -0.3 is 0 Å². The molecular formula is C12H11FN2O3S2. The van der Waals surface area contributed by atoms with Gasteiger partial charge in [-0.3, -0.25) is 9.52 Å². The molecule has 1 heterocycles. The van der Waals surface area contributed by atoms with Gasteiger partial charge in [0, 0.05) is 12.3 Å². The van der Waals surface area contributed by atoms with E-state index in [1.165, 1.54) is 25.3 Å². The number of Topliss-reactive ketones (excluding diaryl/α,β-unsaturated/α-hetero) is 1. The van der Waals surface area contributed by atoms with Gasteiger partial charge in [0.25, 0.3) is 10.0 Å². The number of hydrogen-bond donors (Lipinski definition) is 1. The highest BCUT2D eigenvalue weighted by Gasteiger charge is 2.19. The average Bonchev–Trinajstić information content (AvgIpc) is 2.76. The van der Waals surface area contributed by atoms with Crippen molar-refractivity contribution in [1.82, 2.24) is 4.98 Å². The third kappa shape index (κ3) is 3.02. The van der Waals surface area contributed by atoms with Crippen LogP contribution in [0.15, 0.2) is 28.5 Å². The zero-order chi connectivity index (χ0) is 14.9. The highest BCUT2D eigenvalue weighted by atomic mass is 32.2. The maximum Gasteiger partial charge on any atom is 0.263 e. The van der Waals surface area contributed by atoms with Crippen molar-refractivity contribution in [3.05, 3.63) is 40.7 Å². The molecule has 0 aliphatic rings. The fourth-order valence-electron chi connectivity index (χ4n) is 1.57. The fourth-order valence-corrected chi connectivity index (χ4v) is 3.80. The number of ketones is 1. The molecule has 20 heavy (non-hydrogen) atoms. The second-order valence-electron chi connectivity index (χ2n) is 4.11. The molecule has 0 saturated heterocycles. The van der Waals surface area contributed by atoms with Gasteiger partial charge in [0.15, 0.2) is 10.9 Å². The summed E-state index contributed by atoms with van der Waals surface area (Å²) in [5.41, 5.74) is 0.490. The Bertz CT molecular complexity index is 769. The quantitative estimate of drug-likeness (QED) is 0.880. The summed E-state index contributed by atoms with van der Waals surface area (Å²) >= 11 is 1.01. The minimum atomic E-state index is -3.85. The number of nitrogens with one attached hydrogen (secondary N) is 1. The van der Waals surface area contributed by atoms with Crippen LogP contribution in [0.25, 0.3) is 0 Å². The predicted molar refractivity (Wildman–Crippen MR) is 74.1 cm³/mol. The summed E-state index contributed by atoms with van der Waals surface area (Å²) < 4.78 is 39.6. The van der Waals surface area contributed by atoms with Crippen molar-refractivity contribution in [3.63, 3.8) is 0 Å². The van der Waals surface area contributed by atoms with E-state index < -0.39 is 15.8 Å². The van der Waals surface area contributed by atoms with Gasteiger partial charge in [0.05, 0.1) is 4.90 Å². The fraction of sp³-hybridized carbons (Fsp3) is 0.167. The zero-order valence-electron chi connectivity index (χ0n) is 10.7. The van der Waals surface area contributed by atoms with Crippen LogP contribution < -0.4 is 4.72 Å². The number of thiazole rings is 1. The van der Waals surface area contributed by atoms with Gasteiger partial charge in [-0.2, -0.15) is 0 Å². The molecule has 0 unspecified atom stereocenters. The number of aryl methyl sites for hydroxylation is 1. The number of anilines is 1. The highest BCUT2D eigenvalue weighted by molar-refractivity contribution is 7.93. The van der Waals surface area contributed by atoms with E-state index in [9.17, 15) is 17.6 Å². The molecule has 1 N–H and O–H groups in total. The number of sulfonamides is 1. The van der Waals surface area contributed by atoms with Crippen molar-refractivity contribution >= 4 is 32.3 Å². The van der Waals surface area contributed by atoms with Crippen LogP contribution >= 0.6 is 11.3 Å². The van der Waals surface area contributed by atoms with Crippen molar-refractivity contribution in [2.45, 2.75) is 18.7 Å². The third-order valence-corrected chi connectivity index (χ3v) is 4.90. The molecule has 2 aromatic rings. The normalized spacial score (nSPS) is 11.3. The van der Waals surface area contributed by atoms with E-state index in [4.69, 9.17) is 0 Å². The van der Waals surface area contributed by atoms with Crippen LogP contribution in [0, 0.1) is 12.7 Å². The molecule has 0 amide bonds. The van der Waals surface area contributed by atoms with E-state index in [2.05, 4.69) is 9.71 Å². The van der Waals surface area contributed by atoms with Gasteiger partial charge >= 0.3 is 0 Å². The van der Waals surface area contributed by atoms with Gasteiger partial charge in [0.1, 0.15) is 11.5 Å². The zero-order valence-corrected chi connectivity index (χ0v) is 12.3. The first kappa shape index (κ1) is 14.6. The van der Waals surface area contributed by atoms with Crippen LogP contribution in [0.4, 0.5) is 9.52 Å². The van der Waals surface area contributed by atoms with Crippen LogP contribution in [0.5, 0.6) is 0 Å². The van der Waals surface area contributed by atoms with Gasteiger partial charge in [-0.1, -0.05) is 0 Å². The van der Waals surface area contributed by atoms with Gasteiger partial charge in [-0.25, -0.2) is 17.8 Å². The molecule has 8 heteroatoms. The lowest BCUT2D eigenvalue weighted by atomic mass is 10.2. The number of carbonyl (C=O) groups excluding carboxylic acids is 1. The third-order valence-electron chi connectivity index (χ3n) is 2.51. The number of aromatic nitrogens is 1. The minimum absolute atomic E-state index is 0.0292. The highest BCUT2D eigenvalue weighted by Crippen LogP contribution is 2.22. The van der Waals surface area contributed by atoms with Crippen molar-refractivity contribution in [2.24, 2.45) is 0 Å². The molecule has 106 valence electrons. The van der Waals surface area contributed by atoms with Crippen molar-refractivity contribution in [3.8, 4) is 0 Å². The van der Waals surface area contributed by atoms with E-state index in [1.807, 2.05) is 0 Å². The predicted octanol–water partition coefficient (Wildman–Crippen LogP) is 2.59. The number of carbonyl (C=O) groups is 1. The van der Waals surface area contributed by atoms with E-state index in [-0.39, 0.29) is 21.5 Å². The van der Waals surface area contributed by atoms with Gasteiger partial charge in [-0.05, 0) is 30.7 Å². The Kier molecular flexibility index (Phi) is 3.87. The van der Waals surface area contributed by atoms with Crippen molar-refractivity contribution < 1.29 is 17.6 Å². The molecule has 0 saturated carbocycles. The number of halogens is 1. The first-order valence-corrected chi connectivity index (χ1v) is 7.91. The lowest BCUT2D eigenvalue weighted by Crippen LogP contribution is -2.14. The molecule has 0 atom stereocenters. The Labute approximate surface area is 119 Å². The summed E-state index contributed by atoms with van der Waals surface area (Å²) in [6.07, 6.45) is 0. The topological polar surface area (TPSA) is 76.1 Å².